The molecule has 0 amide bonds. The summed E-state index contributed by atoms with van der Waals surface area (Å²) >= 11 is 0. The Morgan fingerprint density at radius 1 is 1.32 bits per heavy atom. The molecule has 0 unspecified atom stereocenters. The van der Waals surface area contributed by atoms with Gasteiger partial charge < -0.3 is 14.3 Å². The van der Waals surface area contributed by atoms with Crippen LogP contribution >= 0.6 is 0 Å². The summed E-state index contributed by atoms with van der Waals surface area (Å²) < 4.78 is 10.3. The smallest absolute Gasteiger partial charge is 0.335 e. The molecule has 0 saturated heterocycles. The number of carbonyl (C=O) groups is 1. The van der Waals surface area contributed by atoms with E-state index in [2.05, 4.69) is 6.58 Å². The van der Waals surface area contributed by atoms with Crippen LogP contribution in [0, 0.1) is 0 Å². The van der Waals surface area contributed by atoms with Gasteiger partial charge in [-0.05, 0) is 35.0 Å². The van der Waals surface area contributed by atoms with Gasteiger partial charge in [-0.2, -0.15) is 0 Å². The number of aromatic hydroxyl groups is 1. The first-order chi connectivity index (χ1) is 9.19. The molecule has 19 heavy (non-hydrogen) atoms. The average molecular weight is 254 g/mol. The van der Waals surface area contributed by atoms with Crippen molar-refractivity contribution >= 4 is 27.7 Å². The largest absolute Gasteiger partial charge is 0.504 e. The van der Waals surface area contributed by atoms with E-state index < -0.39 is 5.97 Å². The minimum absolute atomic E-state index is 0.0939. The SMILES string of the molecule is C=CC(=O)Oc1ccc2c(ccc3occ(O)c32)c1. The standard InChI is InChI=1S/C15H10O4/c1-2-14(17)19-10-4-5-11-9(7-10)3-6-13-15(11)12(16)8-18-13/h2-8,16H,1H2. The summed E-state index contributed by atoms with van der Waals surface area (Å²) in [5, 5.41) is 12.1. The van der Waals surface area contributed by atoms with Gasteiger partial charge in [-0.25, -0.2) is 4.79 Å². The van der Waals surface area contributed by atoms with Crippen LogP contribution < -0.4 is 4.74 Å². The normalized spacial score (nSPS) is 10.7. The van der Waals surface area contributed by atoms with Gasteiger partial charge in [-0.1, -0.05) is 12.6 Å². The lowest BCUT2D eigenvalue weighted by atomic mass is 10.1. The maximum absolute atomic E-state index is 11.1. The first kappa shape index (κ1) is 11.3. The molecule has 4 heteroatoms. The summed E-state index contributed by atoms with van der Waals surface area (Å²) in [6.07, 6.45) is 2.41. The molecule has 0 aliphatic heterocycles. The number of esters is 1. The van der Waals surface area contributed by atoms with Crippen molar-refractivity contribution in [1.82, 2.24) is 0 Å². The second-order valence-corrected chi connectivity index (χ2v) is 4.07. The lowest BCUT2D eigenvalue weighted by Gasteiger charge is -2.04. The monoisotopic (exact) mass is 254 g/mol. The molecule has 0 saturated carbocycles. The molecule has 2 aromatic carbocycles. The Balaban J connectivity index is 2.19. The maximum atomic E-state index is 11.1. The summed E-state index contributed by atoms with van der Waals surface area (Å²) in [6, 6.07) is 8.76. The highest BCUT2D eigenvalue weighted by Gasteiger charge is 2.10. The van der Waals surface area contributed by atoms with Crippen molar-refractivity contribution in [2.75, 3.05) is 0 Å². The maximum Gasteiger partial charge on any atom is 0.335 e. The van der Waals surface area contributed by atoms with Crippen LogP contribution in [0.5, 0.6) is 11.5 Å². The lowest BCUT2D eigenvalue weighted by Crippen LogP contribution is -2.02. The summed E-state index contributed by atoms with van der Waals surface area (Å²) in [5.74, 6) is 0.0164. The van der Waals surface area contributed by atoms with Crippen molar-refractivity contribution in [3.05, 3.63) is 49.2 Å². The van der Waals surface area contributed by atoms with Gasteiger partial charge in [0.15, 0.2) is 5.75 Å². The van der Waals surface area contributed by atoms with Gasteiger partial charge in [-0.3, -0.25) is 0 Å². The van der Waals surface area contributed by atoms with Gasteiger partial charge in [0.1, 0.15) is 17.6 Å². The van der Waals surface area contributed by atoms with E-state index in [0.29, 0.717) is 16.7 Å². The second-order valence-electron chi connectivity index (χ2n) is 4.07. The Labute approximate surface area is 108 Å². The van der Waals surface area contributed by atoms with Crippen LogP contribution in [0.1, 0.15) is 0 Å². The topological polar surface area (TPSA) is 59.7 Å². The van der Waals surface area contributed by atoms with Gasteiger partial charge in [0.05, 0.1) is 5.39 Å². The molecule has 0 spiro atoms. The van der Waals surface area contributed by atoms with Crippen molar-refractivity contribution in [3.63, 3.8) is 0 Å². The zero-order chi connectivity index (χ0) is 13.4. The van der Waals surface area contributed by atoms with E-state index in [1.165, 1.54) is 6.26 Å². The van der Waals surface area contributed by atoms with Gasteiger partial charge >= 0.3 is 5.97 Å². The molecule has 1 aromatic heterocycles. The number of hydrogen-bond donors (Lipinski definition) is 1. The van der Waals surface area contributed by atoms with E-state index in [-0.39, 0.29) is 5.75 Å². The number of benzene rings is 2. The first-order valence-corrected chi connectivity index (χ1v) is 5.66. The molecule has 1 heterocycles. The summed E-state index contributed by atoms with van der Waals surface area (Å²) in [6.45, 7) is 3.34. The van der Waals surface area contributed by atoms with Gasteiger partial charge in [0, 0.05) is 6.08 Å². The predicted octanol–water partition coefficient (Wildman–Crippen LogP) is 3.38. The molecule has 0 fully saturated rings. The highest BCUT2D eigenvalue weighted by Crippen LogP contribution is 2.35. The Hall–Kier alpha value is -2.75. The number of furan rings is 1. The van der Waals surface area contributed by atoms with Crippen molar-refractivity contribution in [1.29, 1.82) is 0 Å². The highest BCUT2D eigenvalue weighted by atomic mass is 16.5. The van der Waals surface area contributed by atoms with Crippen molar-refractivity contribution in [2.45, 2.75) is 0 Å². The Morgan fingerprint density at radius 3 is 2.95 bits per heavy atom. The van der Waals surface area contributed by atoms with Crippen molar-refractivity contribution < 1.29 is 19.1 Å². The Kier molecular flexibility index (Phi) is 2.49. The van der Waals surface area contributed by atoms with Gasteiger partial charge in [0.2, 0.25) is 0 Å². The summed E-state index contributed by atoms with van der Waals surface area (Å²) in [5.41, 5.74) is 0.612. The fourth-order valence-corrected chi connectivity index (χ4v) is 2.05. The molecule has 0 bridgehead atoms. The third kappa shape index (κ3) is 1.83. The van der Waals surface area contributed by atoms with Crippen molar-refractivity contribution in [2.24, 2.45) is 0 Å². The molecular weight excluding hydrogens is 244 g/mol. The van der Waals surface area contributed by atoms with Crippen molar-refractivity contribution in [3.8, 4) is 11.5 Å². The van der Waals surface area contributed by atoms with Crippen LogP contribution in [0.2, 0.25) is 0 Å². The number of ether oxygens (including phenoxy) is 1. The molecule has 4 nitrogen and oxygen atoms in total. The predicted molar refractivity (Wildman–Crippen MR) is 71.2 cm³/mol. The van der Waals surface area contributed by atoms with E-state index in [1.807, 2.05) is 6.07 Å². The molecule has 3 rings (SSSR count). The number of carbonyl (C=O) groups excluding carboxylic acids is 1. The van der Waals surface area contributed by atoms with E-state index in [9.17, 15) is 9.90 Å². The Morgan fingerprint density at radius 2 is 2.16 bits per heavy atom. The number of fused-ring (bicyclic) bond motifs is 3. The molecule has 0 radical (unpaired) electrons. The Bertz CT molecular complexity index is 798. The van der Waals surface area contributed by atoms with Crippen LogP contribution in [0.15, 0.2) is 53.7 Å². The van der Waals surface area contributed by atoms with Crippen LogP contribution in [-0.2, 0) is 4.79 Å². The fraction of sp³-hybridized carbons (Fsp3) is 0. The van der Waals surface area contributed by atoms with Crippen LogP contribution in [0.4, 0.5) is 0 Å². The molecule has 1 N–H and O–H groups in total. The number of hydrogen-bond acceptors (Lipinski definition) is 4. The molecule has 0 atom stereocenters. The quantitative estimate of drug-likeness (QED) is 0.432. The van der Waals surface area contributed by atoms with Gasteiger partial charge in [-0.15, -0.1) is 0 Å². The molecule has 0 aliphatic rings. The van der Waals surface area contributed by atoms with E-state index in [1.54, 1.807) is 24.3 Å². The highest BCUT2D eigenvalue weighted by molar-refractivity contribution is 6.09. The first-order valence-electron chi connectivity index (χ1n) is 5.66. The molecule has 94 valence electrons. The molecule has 3 aromatic rings. The van der Waals surface area contributed by atoms with Crippen LogP contribution in [-0.4, -0.2) is 11.1 Å². The summed E-state index contributed by atoms with van der Waals surface area (Å²) in [7, 11) is 0. The molecule has 0 aliphatic carbocycles. The van der Waals surface area contributed by atoms with E-state index >= 15 is 0 Å². The third-order valence-corrected chi connectivity index (χ3v) is 2.89. The van der Waals surface area contributed by atoms with E-state index in [0.717, 1.165) is 16.8 Å². The second kappa shape index (κ2) is 4.17. The van der Waals surface area contributed by atoms with Crippen LogP contribution in [0.25, 0.3) is 21.7 Å². The summed E-state index contributed by atoms with van der Waals surface area (Å²) in [4.78, 5) is 11.1. The fourth-order valence-electron chi connectivity index (χ4n) is 2.05. The zero-order valence-corrected chi connectivity index (χ0v) is 9.92. The van der Waals surface area contributed by atoms with Crippen LogP contribution in [0.3, 0.4) is 0 Å². The average Bonchev–Trinajstić information content (AvgIpc) is 2.80. The van der Waals surface area contributed by atoms with Gasteiger partial charge in [0.25, 0.3) is 0 Å². The molecular formula is C15H10O4. The number of rotatable bonds is 2. The van der Waals surface area contributed by atoms with E-state index in [4.69, 9.17) is 9.15 Å². The minimum atomic E-state index is -0.508. The minimum Gasteiger partial charge on any atom is -0.504 e. The zero-order valence-electron chi connectivity index (χ0n) is 9.92. The lowest BCUT2D eigenvalue weighted by molar-refractivity contribution is -0.128. The third-order valence-electron chi connectivity index (χ3n) is 2.89.